The monoisotopic (exact) mass is 344 g/mol. The molecule has 9 nitrogen and oxygen atoms in total. The van der Waals surface area contributed by atoms with Gasteiger partial charge in [-0.3, -0.25) is 14.2 Å². The number of fused-ring (bicyclic) bond motifs is 3. The molecule has 132 valence electrons. The minimum absolute atomic E-state index is 0.0494. The highest BCUT2D eigenvalue weighted by atomic mass is 16.4. The molecule has 0 saturated heterocycles. The van der Waals surface area contributed by atoms with Gasteiger partial charge in [-0.15, -0.1) is 0 Å². The molecular formula is C16H20N6O3. The van der Waals surface area contributed by atoms with Gasteiger partial charge in [-0.1, -0.05) is 0 Å². The van der Waals surface area contributed by atoms with Gasteiger partial charge < -0.3 is 14.9 Å². The van der Waals surface area contributed by atoms with E-state index in [0.717, 1.165) is 17.0 Å². The van der Waals surface area contributed by atoms with Crippen molar-refractivity contribution in [1.82, 2.24) is 29.4 Å². The highest BCUT2D eigenvalue weighted by molar-refractivity contribution is 5.94. The second kappa shape index (κ2) is 5.61. The summed E-state index contributed by atoms with van der Waals surface area (Å²) in [5, 5.41) is 18.4. The fourth-order valence-corrected chi connectivity index (χ4v) is 3.66. The smallest absolute Gasteiger partial charge is 0.407 e. The van der Waals surface area contributed by atoms with Gasteiger partial charge in [-0.2, -0.15) is 10.2 Å². The maximum Gasteiger partial charge on any atom is 0.407 e. The molecule has 2 aromatic heterocycles. The Morgan fingerprint density at radius 2 is 2.08 bits per heavy atom. The molecule has 0 spiro atoms. The third kappa shape index (κ3) is 2.55. The van der Waals surface area contributed by atoms with Gasteiger partial charge in [0.1, 0.15) is 5.69 Å². The standard InChI is InChI=1S/C16H20N6O3/c1-19-7-10(12-3-5-20(2)17-12)8-22-14(15(19)23)11-9-21(16(24)25)6-4-13(11)18-22/h3,5,10H,4,6-9H2,1-2H3,(H,24,25). The number of nitrogens with zero attached hydrogens (tertiary/aromatic N) is 6. The van der Waals surface area contributed by atoms with E-state index in [4.69, 9.17) is 0 Å². The summed E-state index contributed by atoms with van der Waals surface area (Å²) in [4.78, 5) is 27.2. The van der Waals surface area contributed by atoms with E-state index in [1.165, 1.54) is 4.90 Å². The molecule has 1 unspecified atom stereocenters. The summed E-state index contributed by atoms with van der Waals surface area (Å²) in [5.74, 6) is -0.0623. The highest BCUT2D eigenvalue weighted by Crippen LogP contribution is 2.29. The average Bonchev–Trinajstić information content (AvgIpc) is 3.12. The number of likely N-dealkylation sites (N-methyl/N-ethyl adjacent to an activating group) is 1. The van der Waals surface area contributed by atoms with Gasteiger partial charge in [-0.25, -0.2) is 4.79 Å². The number of carboxylic acid groups (broad SMARTS) is 1. The SMILES string of the molecule is CN1CC(c2ccn(C)n2)Cn2nc3c(c2C1=O)CN(C(=O)O)CC3. The Labute approximate surface area is 144 Å². The lowest BCUT2D eigenvalue weighted by molar-refractivity contribution is 0.0787. The van der Waals surface area contributed by atoms with Crippen LogP contribution in [0.15, 0.2) is 12.3 Å². The molecular weight excluding hydrogens is 324 g/mol. The van der Waals surface area contributed by atoms with E-state index < -0.39 is 6.09 Å². The van der Waals surface area contributed by atoms with Gasteiger partial charge in [0.2, 0.25) is 0 Å². The quantitative estimate of drug-likeness (QED) is 0.814. The van der Waals surface area contributed by atoms with Crippen molar-refractivity contribution in [1.29, 1.82) is 0 Å². The molecule has 0 fully saturated rings. The van der Waals surface area contributed by atoms with Crippen molar-refractivity contribution in [3.05, 3.63) is 34.9 Å². The summed E-state index contributed by atoms with van der Waals surface area (Å²) in [6.07, 6.45) is 1.46. The summed E-state index contributed by atoms with van der Waals surface area (Å²) >= 11 is 0. The molecule has 25 heavy (non-hydrogen) atoms. The van der Waals surface area contributed by atoms with Gasteiger partial charge in [0.15, 0.2) is 0 Å². The summed E-state index contributed by atoms with van der Waals surface area (Å²) < 4.78 is 3.50. The third-order valence-corrected chi connectivity index (χ3v) is 4.96. The Balaban J connectivity index is 1.74. The number of amides is 2. The van der Waals surface area contributed by atoms with Crippen molar-refractivity contribution < 1.29 is 14.7 Å². The third-order valence-electron chi connectivity index (χ3n) is 4.96. The Morgan fingerprint density at radius 1 is 1.28 bits per heavy atom. The molecule has 2 aliphatic rings. The number of aryl methyl sites for hydroxylation is 1. The second-order valence-corrected chi connectivity index (χ2v) is 6.71. The van der Waals surface area contributed by atoms with Crippen LogP contribution in [0, 0.1) is 0 Å². The second-order valence-electron chi connectivity index (χ2n) is 6.71. The number of hydrogen-bond acceptors (Lipinski definition) is 4. The highest BCUT2D eigenvalue weighted by Gasteiger charge is 2.35. The van der Waals surface area contributed by atoms with Crippen LogP contribution >= 0.6 is 0 Å². The van der Waals surface area contributed by atoms with Crippen LogP contribution in [0.25, 0.3) is 0 Å². The van der Waals surface area contributed by atoms with Gasteiger partial charge in [0.25, 0.3) is 5.91 Å². The zero-order valence-corrected chi connectivity index (χ0v) is 14.2. The first-order valence-electron chi connectivity index (χ1n) is 8.25. The Bertz CT molecular complexity index is 854. The van der Waals surface area contributed by atoms with E-state index in [0.29, 0.717) is 31.7 Å². The molecule has 2 amide bonds. The molecule has 0 aliphatic carbocycles. The summed E-state index contributed by atoms with van der Waals surface area (Å²) in [6.45, 7) is 1.74. The van der Waals surface area contributed by atoms with E-state index in [-0.39, 0.29) is 18.4 Å². The van der Waals surface area contributed by atoms with E-state index in [2.05, 4.69) is 10.2 Å². The van der Waals surface area contributed by atoms with Gasteiger partial charge >= 0.3 is 6.09 Å². The van der Waals surface area contributed by atoms with Crippen molar-refractivity contribution in [2.24, 2.45) is 7.05 Å². The van der Waals surface area contributed by atoms with E-state index in [1.54, 1.807) is 21.3 Å². The van der Waals surface area contributed by atoms with Gasteiger partial charge in [0.05, 0.1) is 24.5 Å². The predicted molar refractivity (Wildman–Crippen MR) is 87.3 cm³/mol. The Morgan fingerprint density at radius 3 is 2.76 bits per heavy atom. The maximum atomic E-state index is 12.9. The lowest BCUT2D eigenvalue weighted by atomic mass is 10.1. The molecule has 0 saturated carbocycles. The molecule has 1 N–H and O–H groups in total. The van der Waals surface area contributed by atoms with E-state index in [1.807, 2.05) is 19.3 Å². The molecule has 4 heterocycles. The Hall–Kier alpha value is -2.84. The molecule has 0 aromatic carbocycles. The summed E-state index contributed by atoms with van der Waals surface area (Å²) in [7, 11) is 3.64. The van der Waals surface area contributed by atoms with Gasteiger partial charge in [0, 0.05) is 51.3 Å². The number of rotatable bonds is 1. The molecule has 2 aromatic rings. The zero-order chi connectivity index (χ0) is 17.7. The zero-order valence-electron chi connectivity index (χ0n) is 14.2. The van der Waals surface area contributed by atoms with Crippen molar-refractivity contribution in [2.45, 2.75) is 25.4 Å². The number of carbonyl (C=O) groups is 2. The fraction of sp³-hybridized carbons (Fsp3) is 0.500. The molecule has 9 heteroatoms. The van der Waals surface area contributed by atoms with Crippen molar-refractivity contribution in [3.8, 4) is 0 Å². The molecule has 4 rings (SSSR count). The van der Waals surface area contributed by atoms with Crippen LogP contribution in [0.5, 0.6) is 0 Å². The van der Waals surface area contributed by atoms with Crippen LogP contribution in [-0.4, -0.2) is 66.6 Å². The molecule has 0 bridgehead atoms. The topological polar surface area (TPSA) is 96.5 Å². The predicted octanol–water partition coefficient (Wildman–Crippen LogP) is 0.522. The van der Waals surface area contributed by atoms with E-state index >= 15 is 0 Å². The number of aromatic nitrogens is 4. The minimum atomic E-state index is -0.966. The van der Waals surface area contributed by atoms with Crippen LogP contribution < -0.4 is 0 Å². The van der Waals surface area contributed by atoms with Crippen LogP contribution in [0.4, 0.5) is 4.79 Å². The molecule has 0 radical (unpaired) electrons. The number of carbonyl (C=O) groups excluding carboxylic acids is 1. The lowest BCUT2D eigenvalue weighted by Gasteiger charge is -2.24. The first-order valence-corrected chi connectivity index (χ1v) is 8.25. The van der Waals surface area contributed by atoms with Crippen molar-refractivity contribution in [2.75, 3.05) is 20.1 Å². The van der Waals surface area contributed by atoms with Crippen LogP contribution in [0.3, 0.4) is 0 Å². The van der Waals surface area contributed by atoms with Crippen LogP contribution in [0.2, 0.25) is 0 Å². The largest absolute Gasteiger partial charge is 0.465 e. The van der Waals surface area contributed by atoms with Crippen LogP contribution in [-0.2, 0) is 26.6 Å². The molecule has 1 atom stereocenters. The van der Waals surface area contributed by atoms with E-state index in [9.17, 15) is 14.7 Å². The van der Waals surface area contributed by atoms with Crippen molar-refractivity contribution in [3.63, 3.8) is 0 Å². The van der Waals surface area contributed by atoms with Crippen LogP contribution in [0.1, 0.15) is 33.4 Å². The Kier molecular flexibility index (Phi) is 3.52. The average molecular weight is 344 g/mol. The molecule has 2 aliphatic heterocycles. The summed E-state index contributed by atoms with van der Waals surface area (Å²) in [5.41, 5.74) is 3.01. The minimum Gasteiger partial charge on any atom is -0.465 e. The normalized spacial score (nSPS) is 20.2. The van der Waals surface area contributed by atoms with Gasteiger partial charge in [-0.05, 0) is 6.07 Å². The maximum absolute atomic E-state index is 12.9. The lowest BCUT2D eigenvalue weighted by Crippen LogP contribution is -2.36. The fourth-order valence-electron chi connectivity index (χ4n) is 3.66. The first-order chi connectivity index (χ1) is 11.9. The first kappa shape index (κ1) is 15.7. The van der Waals surface area contributed by atoms with Crippen molar-refractivity contribution >= 4 is 12.0 Å². The number of hydrogen-bond donors (Lipinski definition) is 1. The summed E-state index contributed by atoms with van der Waals surface area (Å²) in [6, 6.07) is 1.96.